The fraction of sp³-hybridized carbons (Fsp3) is 0.333. The molecular weight excluding hydrogens is 436 g/mol. The summed E-state index contributed by atoms with van der Waals surface area (Å²) in [6.45, 7) is 1.51. The van der Waals surface area contributed by atoms with E-state index in [9.17, 15) is 18.0 Å². The van der Waals surface area contributed by atoms with Crippen LogP contribution in [0.3, 0.4) is 0 Å². The molecular formula is C21H26N4O6S. The molecule has 0 saturated carbocycles. The molecule has 172 valence electrons. The van der Waals surface area contributed by atoms with E-state index in [0.29, 0.717) is 29.9 Å². The van der Waals surface area contributed by atoms with Crippen molar-refractivity contribution in [3.8, 4) is 0 Å². The van der Waals surface area contributed by atoms with Crippen LogP contribution in [-0.2, 0) is 21.3 Å². The van der Waals surface area contributed by atoms with Crippen LogP contribution < -0.4 is 15.8 Å². The van der Waals surface area contributed by atoms with Gasteiger partial charge in [0, 0.05) is 38.0 Å². The molecule has 0 bridgehead atoms. The highest BCUT2D eigenvalue weighted by Gasteiger charge is 2.15. The molecule has 0 saturated heterocycles. The fourth-order valence-electron chi connectivity index (χ4n) is 3.00. The van der Waals surface area contributed by atoms with Gasteiger partial charge in [0.05, 0.1) is 17.0 Å². The molecule has 0 spiro atoms. The summed E-state index contributed by atoms with van der Waals surface area (Å²) in [6.07, 6.45) is 0. The highest BCUT2D eigenvalue weighted by molar-refractivity contribution is 7.89. The van der Waals surface area contributed by atoms with E-state index >= 15 is 0 Å². The number of sulfonamides is 1. The van der Waals surface area contributed by atoms with Gasteiger partial charge in [-0.05, 0) is 56.6 Å². The Morgan fingerprint density at radius 1 is 1.16 bits per heavy atom. The lowest BCUT2D eigenvalue weighted by Crippen LogP contribution is -2.27. The van der Waals surface area contributed by atoms with Crippen LogP contribution in [0.1, 0.15) is 10.4 Å². The topological polar surface area (TPSA) is 123 Å². The second-order valence-corrected chi connectivity index (χ2v) is 9.14. The summed E-state index contributed by atoms with van der Waals surface area (Å²) in [7, 11) is 1.62. The van der Waals surface area contributed by atoms with E-state index in [1.807, 2.05) is 19.0 Å². The quantitative estimate of drug-likeness (QED) is 0.436. The van der Waals surface area contributed by atoms with Gasteiger partial charge >= 0.3 is 5.76 Å². The minimum atomic E-state index is -3.68. The number of hydrogen-bond donors (Lipinski definition) is 2. The molecule has 11 heteroatoms. The molecule has 0 atom stereocenters. The Morgan fingerprint density at radius 3 is 2.53 bits per heavy atom. The van der Waals surface area contributed by atoms with Crippen LogP contribution >= 0.6 is 0 Å². The first-order valence-corrected chi connectivity index (χ1v) is 11.4. The Balaban J connectivity index is 1.75. The van der Waals surface area contributed by atoms with Crippen LogP contribution in [0.15, 0.2) is 56.6 Å². The molecule has 0 radical (unpaired) electrons. The molecule has 0 aliphatic heterocycles. The van der Waals surface area contributed by atoms with Crippen molar-refractivity contribution in [1.82, 2.24) is 14.2 Å². The Hall–Kier alpha value is -2.99. The van der Waals surface area contributed by atoms with E-state index in [1.165, 1.54) is 35.9 Å². The standard InChI is InChI=1S/C21H26N4O6S/c1-24(2)11-12-25-18-14-16(6-9-19(18)31-21(25)27)23-20(26)15-4-7-17(8-5-15)32(28,29)22-10-13-30-3/h4-9,14,22H,10-13H2,1-3H3,(H,23,26). The van der Waals surface area contributed by atoms with Gasteiger partial charge in [-0.15, -0.1) is 0 Å². The molecule has 0 aliphatic carbocycles. The van der Waals surface area contributed by atoms with Gasteiger partial charge in [-0.1, -0.05) is 0 Å². The van der Waals surface area contributed by atoms with Crippen molar-refractivity contribution in [1.29, 1.82) is 0 Å². The molecule has 1 heterocycles. The van der Waals surface area contributed by atoms with E-state index in [0.717, 1.165) is 0 Å². The van der Waals surface area contributed by atoms with Gasteiger partial charge in [0.25, 0.3) is 5.91 Å². The molecule has 2 aromatic carbocycles. The number of amides is 1. The first kappa shape index (κ1) is 23.7. The van der Waals surface area contributed by atoms with E-state index in [1.54, 1.807) is 18.2 Å². The number of aromatic nitrogens is 1. The number of nitrogens with zero attached hydrogens (tertiary/aromatic N) is 2. The molecule has 2 N–H and O–H groups in total. The van der Waals surface area contributed by atoms with Gasteiger partial charge in [-0.2, -0.15) is 0 Å². The number of oxazole rings is 1. The van der Waals surface area contributed by atoms with E-state index in [2.05, 4.69) is 10.0 Å². The Bertz CT molecular complexity index is 1250. The average Bonchev–Trinajstić information content (AvgIpc) is 3.06. The summed E-state index contributed by atoms with van der Waals surface area (Å²) < 4.78 is 38.5. The van der Waals surface area contributed by atoms with Crippen LogP contribution in [0.2, 0.25) is 0 Å². The first-order valence-electron chi connectivity index (χ1n) is 9.89. The number of anilines is 1. The second kappa shape index (κ2) is 10.1. The van der Waals surface area contributed by atoms with Crippen LogP contribution in [0, 0.1) is 0 Å². The van der Waals surface area contributed by atoms with Crippen molar-refractivity contribution >= 4 is 32.7 Å². The maximum Gasteiger partial charge on any atom is 0.419 e. The van der Waals surface area contributed by atoms with E-state index in [-0.39, 0.29) is 23.6 Å². The number of benzene rings is 2. The lowest BCUT2D eigenvalue weighted by atomic mass is 10.2. The minimum Gasteiger partial charge on any atom is -0.408 e. The van der Waals surface area contributed by atoms with Gasteiger partial charge in [0.1, 0.15) is 0 Å². The van der Waals surface area contributed by atoms with Crippen molar-refractivity contribution in [2.45, 2.75) is 11.4 Å². The first-order chi connectivity index (χ1) is 15.2. The summed E-state index contributed by atoms with van der Waals surface area (Å²) in [5, 5.41) is 2.76. The number of fused-ring (bicyclic) bond motifs is 1. The summed E-state index contributed by atoms with van der Waals surface area (Å²) in [6, 6.07) is 10.5. The minimum absolute atomic E-state index is 0.0508. The molecule has 1 aromatic heterocycles. The lowest BCUT2D eigenvalue weighted by Gasteiger charge is -2.10. The Morgan fingerprint density at radius 2 is 1.88 bits per heavy atom. The van der Waals surface area contributed by atoms with Crippen LogP contribution in [0.4, 0.5) is 5.69 Å². The van der Waals surface area contributed by atoms with Crippen molar-refractivity contribution in [3.63, 3.8) is 0 Å². The third-order valence-electron chi connectivity index (χ3n) is 4.72. The van der Waals surface area contributed by atoms with Gasteiger partial charge in [-0.3, -0.25) is 9.36 Å². The third-order valence-corrected chi connectivity index (χ3v) is 6.20. The summed E-state index contributed by atoms with van der Waals surface area (Å²) in [4.78, 5) is 26.8. The zero-order chi connectivity index (χ0) is 23.3. The van der Waals surface area contributed by atoms with Crippen LogP contribution in [0.25, 0.3) is 11.1 Å². The van der Waals surface area contributed by atoms with Crippen molar-refractivity contribution < 1.29 is 22.4 Å². The Labute approximate surface area is 185 Å². The number of likely N-dealkylation sites (N-methyl/N-ethyl adjacent to an activating group) is 1. The monoisotopic (exact) mass is 462 g/mol. The highest BCUT2D eigenvalue weighted by atomic mass is 32.2. The molecule has 32 heavy (non-hydrogen) atoms. The molecule has 10 nitrogen and oxygen atoms in total. The SMILES string of the molecule is COCCNS(=O)(=O)c1ccc(C(=O)Nc2ccc3oc(=O)n(CCN(C)C)c3c2)cc1. The molecule has 3 rings (SSSR count). The number of nitrogens with one attached hydrogen (secondary N) is 2. The van der Waals surface area contributed by atoms with Crippen LogP contribution in [-0.4, -0.2) is 64.7 Å². The number of carbonyl (C=O) groups is 1. The predicted octanol–water partition coefficient (Wildman–Crippen LogP) is 1.33. The van der Waals surface area contributed by atoms with Crippen molar-refractivity contribution in [2.24, 2.45) is 0 Å². The zero-order valence-electron chi connectivity index (χ0n) is 18.1. The fourth-order valence-corrected chi connectivity index (χ4v) is 4.01. The molecule has 1 amide bonds. The zero-order valence-corrected chi connectivity index (χ0v) is 18.9. The van der Waals surface area contributed by atoms with Crippen molar-refractivity contribution in [2.75, 3.05) is 46.2 Å². The average molecular weight is 463 g/mol. The van der Waals surface area contributed by atoms with Gasteiger partial charge < -0.3 is 19.4 Å². The van der Waals surface area contributed by atoms with Gasteiger partial charge in [0.2, 0.25) is 10.0 Å². The Kier molecular flexibility index (Phi) is 7.46. The summed E-state index contributed by atoms with van der Waals surface area (Å²) in [5.41, 5.74) is 1.79. The smallest absolute Gasteiger partial charge is 0.408 e. The number of carbonyl (C=O) groups excluding carboxylic acids is 1. The summed E-state index contributed by atoms with van der Waals surface area (Å²) >= 11 is 0. The maximum atomic E-state index is 12.6. The number of hydrogen-bond acceptors (Lipinski definition) is 7. The molecule has 0 unspecified atom stereocenters. The van der Waals surface area contributed by atoms with Crippen molar-refractivity contribution in [3.05, 3.63) is 58.6 Å². The molecule has 0 fully saturated rings. The second-order valence-electron chi connectivity index (χ2n) is 7.37. The number of rotatable bonds is 10. The largest absolute Gasteiger partial charge is 0.419 e. The highest BCUT2D eigenvalue weighted by Crippen LogP contribution is 2.20. The third kappa shape index (κ3) is 5.62. The maximum absolute atomic E-state index is 12.6. The normalized spacial score (nSPS) is 11.9. The predicted molar refractivity (Wildman–Crippen MR) is 120 cm³/mol. The van der Waals surface area contributed by atoms with E-state index in [4.69, 9.17) is 9.15 Å². The van der Waals surface area contributed by atoms with Crippen LogP contribution in [0.5, 0.6) is 0 Å². The van der Waals surface area contributed by atoms with Gasteiger partial charge in [-0.25, -0.2) is 17.9 Å². The van der Waals surface area contributed by atoms with E-state index < -0.39 is 21.7 Å². The molecule has 3 aromatic rings. The molecule has 0 aliphatic rings. The number of methoxy groups -OCH3 is 1. The van der Waals surface area contributed by atoms with Gasteiger partial charge in [0.15, 0.2) is 5.58 Å². The summed E-state index contributed by atoms with van der Waals surface area (Å²) in [5.74, 6) is -0.868. The number of ether oxygens (including phenoxy) is 1. The lowest BCUT2D eigenvalue weighted by molar-refractivity contribution is 0.102.